The van der Waals surface area contributed by atoms with Gasteiger partial charge in [-0.1, -0.05) is 30.3 Å². The molecule has 0 aliphatic carbocycles. The lowest BCUT2D eigenvalue weighted by molar-refractivity contribution is 0.0125. The Hall–Kier alpha value is -1.98. The van der Waals surface area contributed by atoms with Crippen LogP contribution in [-0.4, -0.2) is 40.7 Å². The summed E-state index contributed by atoms with van der Waals surface area (Å²) in [6.07, 6.45) is 6.52. The van der Waals surface area contributed by atoms with E-state index in [1.165, 1.54) is 5.56 Å². The Morgan fingerprint density at radius 2 is 1.79 bits per heavy atom. The predicted molar refractivity (Wildman–Crippen MR) is 95.7 cm³/mol. The van der Waals surface area contributed by atoms with Crippen LogP contribution in [0.15, 0.2) is 42.7 Å². The largest absolute Gasteiger partial charge is 0.378 e. The van der Waals surface area contributed by atoms with E-state index in [0.29, 0.717) is 12.1 Å². The van der Waals surface area contributed by atoms with Gasteiger partial charge in [0.2, 0.25) is 5.95 Å². The summed E-state index contributed by atoms with van der Waals surface area (Å²) in [4.78, 5) is 11.3. The fraction of sp³-hybridized carbons (Fsp3) is 0.474. The third-order valence-electron chi connectivity index (χ3n) is 4.34. The Balaban J connectivity index is 1.45. The van der Waals surface area contributed by atoms with Crippen molar-refractivity contribution in [2.75, 3.05) is 25.0 Å². The zero-order valence-corrected chi connectivity index (χ0v) is 14.3. The van der Waals surface area contributed by atoms with Gasteiger partial charge in [0, 0.05) is 50.7 Å². The molecule has 0 bridgehead atoms. The molecule has 1 N–H and O–H groups in total. The number of nitrogens with one attached hydrogen (secondary N) is 1. The molecule has 0 saturated carbocycles. The van der Waals surface area contributed by atoms with E-state index in [1.807, 2.05) is 30.6 Å². The molecular formula is C19H26N4O. The first kappa shape index (κ1) is 16.9. The van der Waals surface area contributed by atoms with E-state index in [1.54, 1.807) is 0 Å². The van der Waals surface area contributed by atoms with Gasteiger partial charge < -0.3 is 10.1 Å². The van der Waals surface area contributed by atoms with Gasteiger partial charge in [-0.3, -0.25) is 4.90 Å². The molecule has 128 valence electrons. The van der Waals surface area contributed by atoms with Crippen LogP contribution in [0.4, 0.5) is 5.95 Å². The Labute approximate surface area is 144 Å². The number of likely N-dealkylation sites (tertiary alicyclic amines) is 1. The van der Waals surface area contributed by atoms with Crippen molar-refractivity contribution < 1.29 is 4.74 Å². The molecule has 0 radical (unpaired) electrons. The third kappa shape index (κ3) is 5.01. The van der Waals surface area contributed by atoms with Crippen LogP contribution in [0, 0.1) is 0 Å². The topological polar surface area (TPSA) is 50.3 Å². The first-order valence-corrected chi connectivity index (χ1v) is 8.76. The molecule has 1 saturated heterocycles. The van der Waals surface area contributed by atoms with Gasteiger partial charge in [0.25, 0.3) is 0 Å². The predicted octanol–water partition coefficient (Wildman–Crippen LogP) is 3.09. The van der Waals surface area contributed by atoms with Gasteiger partial charge in [0.1, 0.15) is 0 Å². The molecule has 5 nitrogen and oxygen atoms in total. The molecule has 24 heavy (non-hydrogen) atoms. The number of hydrogen-bond acceptors (Lipinski definition) is 5. The molecular weight excluding hydrogens is 300 g/mol. The molecule has 1 fully saturated rings. The van der Waals surface area contributed by atoms with Gasteiger partial charge in [0.05, 0.1) is 6.10 Å². The normalized spacial score (nSPS) is 16.2. The fourth-order valence-electron chi connectivity index (χ4n) is 3.03. The molecule has 0 amide bonds. The number of aromatic nitrogens is 2. The second-order valence-corrected chi connectivity index (χ2v) is 6.18. The number of rotatable bonds is 7. The van der Waals surface area contributed by atoms with Crippen molar-refractivity contribution >= 4 is 5.95 Å². The van der Waals surface area contributed by atoms with Crippen LogP contribution >= 0.6 is 0 Å². The lowest BCUT2D eigenvalue weighted by Crippen LogP contribution is -2.36. The van der Waals surface area contributed by atoms with Gasteiger partial charge in [-0.25, -0.2) is 9.97 Å². The van der Waals surface area contributed by atoms with Gasteiger partial charge in [0.15, 0.2) is 0 Å². The highest BCUT2D eigenvalue weighted by atomic mass is 16.5. The summed E-state index contributed by atoms with van der Waals surface area (Å²) in [7, 11) is 0. The van der Waals surface area contributed by atoms with Gasteiger partial charge in [-0.05, 0) is 25.3 Å². The van der Waals surface area contributed by atoms with Gasteiger partial charge in [-0.2, -0.15) is 0 Å². The number of ether oxygens (including phenoxy) is 1. The molecule has 1 aromatic carbocycles. The van der Waals surface area contributed by atoms with Gasteiger partial charge in [-0.15, -0.1) is 0 Å². The van der Waals surface area contributed by atoms with E-state index < -0.39 is 0 Å². The maximum atomic E-state index is 5.70. The molecule has 1 aromatic heterocycles. The van der Waals surface area contributed by atoms with E-state index in [0.717, 1.165) is 51.2 Å². The van der Waals surface area contributed by atoms with Crippen molar-refractivity contribution in [3.63, 3.8) is 0 Å². The first-order chi connectivity index (χ1) is 11.8. The molecule has 0 atom stereocenters. The molecule has 0 spiro atoms. The zero-order chi connectivity index (χ0) is 16.6. The summed E-state index contributed by atoms with van der Waals surface area (Å²) < 4.78 is 5.70. The Kier molecular flexibility index (Phi) is 6.15. The van der Waals surface area contributed by atoms with Crippen LogP contribution in [0.2, 0.25) is 0 Å². The maximum Gasteiger partial charge on any atom is 0.222 e. The molecule has 3 rings (SSSR count). The summed E-state index contributed by atoms with van der Waals surface area (Å²) in [6, 6.07) is 10.3. The van der Waals surface area contributed by atoms with E-state index in [9.17, 15) is 0 Å². The van der Waals surface area contributed by atoms with E-state index in [4.69, 9.17) is 4.74 Å². The summed E-state index contributed by atoms with van der Waals surface area (Å²) in [5.74, 6) is 0.678. The standard InChI is InChI=1S/C19H26N4O/c1-2-24-18-8-10-23(11-9-18)15-17-13-21-19(22-14-17)20-12-16-6-4-3-5-7-16/h3-7,13-14,18H,2,8-12,15H2,1H3,(H,20,21,22). The smallest absolute Gasteiger partial charge is 0.222 e. The second-order valence-electron chi connectivity index (χ2n) is 6.18. The molecule has 1 aliphatic heterocycles. The SMILES string of the molecule is CCOC1CCN(Cc2cnc(NCc3ccccc3)nc2)CC1. The van der Waals surface area contributed by atoms with Crippen molar-refractivity contribution in [2.45, 2.75) is 39.0 Å². The quantitative estimate of drug-likeness (QED) is 0.847. The summed E-state index contributed by atoms with van der Waals surface area (Å²) in [5, 5.41) is 3.26. The van der Waals surface area contributed by atoms with Crippen molar-refractivity contribution in [3.8, 4) is 0 Å². The second kappa shape index (κ2) is 8.76. The lowest BCUT2D eigenvalue weighted by Gasteiger charge is -2.31. The Morgan fingerprint density at radius 3 is 2.46 bits per heavy atom. The van der Waals surface area contributed by atoms with Crippen LogP contribution in [0.5, 0.6) is 0 Å². The van der Waals surface area contributed by atoms with Crippen molar-refractivity contribution in [3.05, 3.63) is 53.9 Å². The summed E-state index contributed by atoms with van der Waals surface area (Å²) >= 11 is 0. The number of anilines is 1. The highest BCUT2D eigenvalue weighted by Gasteiger charge is 2.19. The van der Waals surface area contributed by atoms with Crippen molar-refractivity contribution in [1.82, 2.24) is 14.9 Å². The molecule has 2 aromatic rings. The molecule has 1 aliphatic rings. The lowest BCUT2D eigenvalue weighted by atomic mass is 10.1. The number of piperidine rings is 1. The molecule has 5 heteroatoms. The fourth-order valence-corrected chi connectivity index (χ4v) is 3.03. The number of benzene rings is 1. The Morgan fingerprint density at radius 1 is 1.08 bits per heavy atom. The number of hydrogen-bond donors (Lipinski definition) is 1. The van der Waals surface area contributed by atoms with Gasteiger partial charge >= 0.3 is 0 Å². The minimum Gasteiger partial charge on any atom is -0.378 e. The average molecular weight is 326 g/mol. The van der Waals surface area contributed by atoms with E-state index >= 15 is 0 Å². The van der Waals surface area contributed by atoms with Crippen molar-refractivity contribution in [2.24, 2.45) is 0 Å². The first-order valence-electron chi connectivity index (χ1n) is 8.76. The highest BCUT2D eigenvalue weighted by Crippen LogP contribution is 2.16. The third-order valence-corrected chi connectivity index (χ3v) is 4.34. The van der Waals surface area contributed by atoms with E-state index in [-0.39, 0.29) is 0 Å². The number of nitrogens with zero attached hydrogens (tertiary/aromatic N) is 3. The molecule has 0 unspecified atom stereocenters. The average Bonchev–Trinajstić information content (AvgIpc) is 2.64. The van der Waals surface area contributed by atoms with Crippen LogP contribution in [0.1, 0.15) is 30.9 Å². The highest BCUT2D eigenvalue weighted by molar-refractivity contribution is 5.27. The van der Waals surface area contributed by atoms with E-state index in [2.05, 4.69) is 39.2 Å². The van der Waals surface area contributed by atoms with Crippen LogP contribution in [0.3, 0.4) is 0 Å². The van der Waals surface area contributed by atoms with Crippen LogP contribution in [0.25, 0.3) is 0 Å². The minimum atomic E-state index is 0.437. The summed E-state index contributed by atoms with van der Waals surface area (Å²) in [6.45, 7) is 6.70. The minimum absolute atomic E-state index is 0.437. The Bertz CT molecular complexity index is 595. The zero-order valence-electron chi connectivity index (χ0n) is 14.3. The summed E-state index contributed by atoms with van der Waals surface area (Å²) in [5.41, 5.74) is 2.39. The molecule has 2 heterocycles. The monoisotopic (exact) mass is 326 g/mol. The maximum absolute atomic E-state index is 5.70. The van der Waals surface area contributed by atoms with Crippen LogP contribution in [-0.2, 0) is 17.8 Å². The van der Waals surface area contributed by atoms with Crippen LogP contribution < -0.4 is 5.32 Å². The van der Waals surface area contributed by atoms with Crippen molar-refractivity contribution in [1.29, 1.82) is 0 Å².